The van der Waals surface area contributed by atoms with Crippen molar-refractivity contribution in [2.75, 3.05) is 0 Å². The second-order valence-electron chi connectivity index (χ2n) is 5.22. The molecule has 152 valence electrons. The van der Waals surface area contributed by atoms with Gasteiger partial charge in [-0.15, -0.1) is 0 Å². The van der Waals surface area contributed by atoms with Crippen molar-refractivity contribution < 1.29 is 27.8 Å². The van der Waals surface area contributed by atoms with Crippen LogP contribution in [0.1, 0.15) is 11.1 Å². The molecule has 2 aromatic rings. The van der Waals surface area contributed by atoms with Gasteiger partial charge in [0, 0.05) is 12.1 Å². The normalized spacial score (nSPS) is 10.5. The van der Waals surface area contributed by atoms with Crippen LogP contribution in [0.5, 0.6) is 5.75 Å². The van der Waals surface area contributed by atoms with Gasteiger partial charge < -0.3 is 20.9 Å². The number of nitrogens with one attached hydrogen (secondary N) is 2. The van der Waals surface area contributed by atoms with Gasteiger partial charge in [0.2, 0.25) is 0 Å². The van der Waals surface area contributed by atoms with Gasteiger partial charge in [-0.1, -0.05) is 47.5 Å². The second kappa shape index (κ2) is 10.6. The van der Waals surface area contributed by atoms with E-state index in [0.717, 1.165) is 16.9 Å². The van der Waals surface area contributed by atoms with E-state index in [1.807, 2.05) is 36.4 Å². The molecule has 0 aliphatic heterocycles. The first-order valence-corrected chi connectivity index (χ1v) is 8.29. The summed E-state index contributed by atoms with van der Waals surface area (Å²) in [6.45, 7) is 0.861. The van der Waals surface area contributed by atoms with Gasteiger partial charge in [-0.05, 0) is 23.8 Å². The fraction of sp³-hybridized carbons (Fsp3) is 0.176. The van der Waals surface area contributed by atoms with Crippen LogP contribution < -0.4 is 15.8 Å². The molecule has 0 atom stereocenters. The number of rotatable bonds is 5. The third-order valence-electron chi connectivity index (χ3n) is 3.07. The molecule has 0 spiro atoms. The minimum atomic E-state index is -5.08. The van der Waals surface area contributed by atoms with Crippen molar-refractivity contribution >= 4 is 35.1 Å². The average Bonchev–Trinajstić information content (AvgIpc) is 2.62. The molecule has 11 heteroatoms. The lowest BCUT2D eigenvalue weighted by molar-refractivity contribution is -0.192. The number of benzene rings is 2. The zero-order valence-corrected chi connectivity index (χ0v) is 15.7. The molecule has 0 aliphatic rings. The highest BCUT2D eigenvalue weighted by Gasteiger charge is 2.38. The number of carboxylic acids is 1. The minimum Gasteiger partial charge on any atom is -0.489 e. The highest BCUT2D eigenvalue weighted by atomic mass is 35.5. The molecule has 0 amide bonds. The van der Waals surface area contributed by atoms with Crippen molar-refractivity contribution in [3.63, 3.8) is 0 Å². The number of alkyl halides is 3. The smallest absolute Gasteiger partial charge is 0.489 e. The highest BCUT2D eigenvalue weighted by molar-refractivity contribution is 6.42. The maximum atomic E-state index is 10.6. The van der Waals surface area contributed by atoms with Crippen LogP contribution in [0, 0.1) is 5.41 Å². The topological polar surface area (TPSA) is 108 Å². The Kier molecular flexibility index (Phi) is 8.87. The number of hydrogen-bond acceptors (Lipinski definition) is 3. The molecule has 0 bridgehead atoms. The quantitative estimate of drug-likeness (QED) is 0.414. The van der Waals surface area contributed by atoms with Crippen molar-refractivity contribution in [3.8, 4) is 5.75 Å². The summed E-state index contributed by atoms with van der Waals surface area (Å²) in [6, 6.07) is 13.0. The number of hydrogen-bond donors (Lipinski definition) is 4. The molecular weight excluding hydrogens is 422 g/mol. The van der Waals surface area contributed by atoms with Gasteiger partial charge in [0.15, 0.2) is 5.96 Å². The van der Waals surface area contributed by atoms with Crippen LogP contribution in [-0.2, 0) is 17.9 Å². The minimum absolute atomic E-state index is 0.0501. The predicted octanol–water partition coefficient (Wildman–Crippen LogP) is 4.19. The van der Waals surface area contributed by atoms with Gasteiger partial charge >= 0.3 is 12.1 Å². The van der Waals surface area contributed by atoms with Crippen molar-refractivity contribution in [2.45, 2.75) is 19.3 Å². The molecule has 5 N–H and O–H groups in total. The van der Waals surface area contributed by atoms with Crippen LogP contribution in [0.2, 0.25) is 10.0 Å². The Hall–Kier alpha value is -2.65. The Morgan fingerprint density at radius 3 is 2.25 bits per heavy atom. The summed E-state index contributed by atoms with van der Waals surface area (Å²) in [5.74, 6) is -2.07. The number of nitrogens with two attached hydrogens (primary N) is 1. The van der Waals surface area contributed by atoms with Crippen LogP contribution in [0.25, 0.3) is 0 Å². The van der Waals surface area contributed by atoms with E-state index >= 15 is 0 Å². The lowest BCUT2D eigenvalue weighted by Gasteiger charge is -2.09. The number of aliphatic carboxylic acids is 1. The number of ether oxygens (including phenoxy) is 1. The van der Waals surface area contributed by atoms with E-state index in [2.05, 4.69) is 5.32 Å². The fourth-order valence-electron chi connectivity index (χ4n) is 1.72. The van der Waals surface area contributed by atoms with E-state index in [1.54, 1.807) is 6.07 Å². The average molecular weight is 438 g/mol. The van der Waals surface area contributed by atoms with Crippen LogP contribution in [-0.4, -0.2) is 23.2 Å². The summed E-state index contributed by atoms with van der Waals surface area (Å²) in [5, 5.41) is 18.0. The first-order chi connectivity index (χ1) is 13.0. The first kappa shape index (κ1) is 23.4. The molecule has 0 saturated carbocycles. The lowest BCUT2D eigenvalue weighted by Crippen LogP contribution is -2.29. The molecule has 0 heterocycles. The Labute approximate surface area is 168 Å². The van der Waals surface area contributed by atoms with Gasteiger partial charge in [0.1, 0.15) is 12.4 Å². The summed E-state index contributed by atoms with van der Waals surface area (Å²) in [6.07, 6.45) is -5.08. The summed E-state index contributed by atoms with van der Waals surface area (Å²) in [7, 11) is 0. The predicted molar refractivity (Wildman–Crippen MR) is 99.7 cm³/mol. The molecule has 2 aromatic carbocycles. The van der Waals surface area contributed by atoms with Crippen LogP contribution in [0.3, 0.4) is 0 Å². The van der Waals surface area contributed by atoms with Crippen molar-refractivity contribution in [2.24, 2.45) is 5.73 Å². The molecule has 0 aliphatic carbocycles. The zero-order chi connectivity index (χ0) is 21.3. The van der Waals surface area contributed by atoms with Crippen molar-refractivity contribution in [1.82, 2.24) is 5.32 Å². The molecule has 0 aromatic heterocycles. The molecule has 2 rings (SSSR count). The molecule has 6 nitrogen and oxygen atoms in total. The maximum Gasteiger partial charge on any atom is 0.490 e. The molecule has 0 unspecified atom stereocenters. The van der Waals surface area contributed by atoms with Crippen LogP contribution in [0.4, 0.5) is 13.2 Å². The number of halogens is 5. The van der Waals surface area contributed by atoms with Gasteiger partial charge in [-0.25, -0.2) is 4.79 Å². The molecule has 0 fully saturated rings. The lowest BCUT2D eigenvalue weighted by atomic mass is 10.2. The summed E-state index contributed by atoms with van der Waals surface area (Å²) in [5.41, 5.74) is 7.08. The summed E-state index contributed by atoms with van der Waals surface area (Å²) >= 11 is 12.1. The fourth-order valence-corrected chi connectivity index (χ4v) is 2.10. The third-order valence-corrected chi connectivity index (χ3v) is 3.93. The summed E-state index contributed by atoms with van der Waals surface area (Å²) < 4.78 is 37.4. The Morgan fingerprint density at radius 2 is 1.75 bits per heavy atom. The SMILES string of the molecule is N=C(N)NCc1ccc(OCc2cccc(Cl)c2Cl)cc1.O=C(O)C(F)(F)F. The van der Waals surface area contributed by atoms with Crippen molar-refractivity contribution in [3.05, 3.63) is 63.6 Å². The Morgan fingerprint density at radius 1 is 1.18 bits per heavy atom. The van der Waals surface area contributed by atoms with E-state index < -0.39 is 12.1 Å². The van der Waals surface area contributed by atoms with Gasteiger partial charge in [-0.3, -0.25) is 5.41 Å². The Balaban J connectivity index is 0.000000480. The highest BCUT2D eigenvalue weighted by Crippen LogP contribution is 2.26. The van der Waals surface area contributed by atoms with E-state index in [0.29, 0.717) is 23.2 Å². The van der Waals surface area contributed by atoms with Gasteiger partial charge in [0.05, 0.1) is 10.0 Å². The first-order valence-electron chi connectivity index (χ1n) is 7.53. The number of carboxylic acid groups (broad SMARTS) is 1. The van der Waals surface area contributed by atoms with Gasteiger partial charge in [0.25, 0.3) is 0 Å². The molecule has 0 radical (unpaired) electrons. The number of carbonyl (C=O) groups is 1. The van der Waals surface area contributed by atoms with E-state index in [9.17, 15) is 13.2 Å². The molecular formula is C17H16Cl2F3N3O3. The van der Waals surface area contributed by atoms with Crippen molar-refractivity contribution in [1.29, 1.82) is 5.41 Å². The number of guanidine groups is 1. The largest absolute Gasteiger partial charge is 0.490 e. The molecule has 28 heavy (non-hydrogen) atoms. The Bertz CT molecular complexity index is 816. The third kappa shape index (κ3) is 8.36. The van der Waals surface area contributed by atoms with Gasteiger partial charge in [-0.2, -0.15) is 13.2 Å². The zero-order valence-electron chi connectivity index (χ0n) is 14.2. The van der Waals surface area contributed by atoms with E-state index in [4.69, 9.17) is 49.0 Å². The van der Waals surface area contributed by atoms with E-state index in [-0.39, 0.29) is 5.96 Å². The maximum absolute atomic E-state index is 10.6. The van der Waals surface area contributed by atoms with Crippen LogP contribution >= 0.6 is 23.2 Å². The van der Waals surface area contributed by atoms with E-state index in [1.165, 1.54) is 0 Å². The monoisotopic (exact) mass is 437 g/mol. The standard InChI is InChI=1S/C15H15Cl2N3O.C2HF3O2/c16-13-3-1-2-11(14(13)17)9-21-12-6-4-10(5-7-12)8-20-15(18)19;3-2(4,5)1(6)7/h1-7H,8-9H2,(H4,18,19,20);(H,6,7). The molecule has 0 saturated heterocycles. The van der Waals surface area contributed by atoms with Crippen LogP contribution in [0.15, 0.2) is 42.5 Å². The summed E-state index contributed by atoms with van der Waals surface area (Å²) in [4.78, 5) is 8.90. The second-order valence-corrected chi connectivity index (χ2v) is 6.00.